The van der Waals surface area contributed by atoms with Gasteiger partial charge in [-0.3, -0.25) is 0 Å². The molecular formula is C9H18N2O4S. The average Bonchev–Trinajstić information content (AvgIpc) is 2.20. The molecule has 0 aliphatic carbocycles. The quantitative estimate of drug-likeness (QED) is 0.353. The third-order valence-corrected chi connectivity index (χ3v) is 2.45. The molecule has 0 unspecified atom stereocenters. The Balaban J connectivity index is 3.65. The predicted octanol–water partition coefficient (Wildman–Crippen LogP) is -0.755. The third-order valence-electron chi connectivity index (χ3n) is 1.73. The van der Waals surface area contributed by atoms with E-state index in [1.807, 2.05) is 0 Å². The van der Waals surface area contributed by atoms with Gasteiger partial charge in [0.05, 0.1) is 13.4 Å². The second-order valence-corrected chi connectivity index (χ2v) is 5.08. The number of ether oxygens (including phenoxy) is 1. The molecule has 0 aliphatic rings. The highest BCUT2D eigenvalue weighted by Gasteiger charge is 2.01. The number of rotatable bonds is 7. The van der Waals surface area contributed by atoms with E-state index in [9.17, 15) is 13.2 Å². The van der Waals surface area contributed by atoms with Gasteiger partial charge in [-0.2, -0.15) is 0 Å². The van der Waals surface area contributed by atoms with Crippen molar-refractivity contribution in [2.75, 3.05) is 33.0 Å². The fraction of sp³-hybridized carbons (Fsp3) is 0.667. The summed E-state index contributed by atoms with van der Waals surface area (Å²) in [7, 11) is -1.80. The molecule has 0 bridgehead atoms. The van der Waals surface area contributed by atoms with Crippen molar-refractivity contribution in [2.24, 2.45) is 0 Å². The number of sulfonamides is 1. The maximum atomic E-state index is 11.0. The van der Waals surface area contributed by atoms with Gasteiger partial charge in [0.2, 0.25) is 10.0 Å². The molecule has 2 N–H and O–H groups in total. The minimum Gasteiger partial charge on any atom is -0.466 e. The molecule has 0 aromatic carbocycles. The molecule has 0 saturated heterocycles. The lowest BCUT2D eigenvalue weighted by Gasteiger charge is -2.03. The smallest absolute Gasteiger partial charge is 0.333 e. The zero-order valence-electron chi connectivity index (χ0n) is 9.74. The number of nitrogens with one attached hydrogen (secondary N) is 2. The molecule has 0 aromatic rings. The fourth-order valence-corrected chi connectivity index (χ4v) is 1.37. The highest BCUT2D eigenvalue weighted by Crippen LogP contribution is 1.93. The van der Waals surface area contributed by atoms with E-state index in [0.29, 0.717) is 25.2 Å². The Morgan fingerprint density at radius 3 is 2.50 bits per heavy atom. The molecule has 94 valence electrons. The first kappa shape index (κ1) is 15.1. The van der Waals surface area contributed by atoms with E-state index in [1.165, 1.54) is 7.11 Å². The first-order chi connectivity index (χ1) is 7.37. The molecule has 0 radical (unpaired) electrons. The number of hydrogen-bond donors (Lipinski definition) is 2. The normalized spacial score (nSPS) is 12.6. The Labute approximate surface area is 96.1 Å². The molecule has 0 aliphatic heterocycles. The summed E-state index contributed by atoms with van der Waals surface area (Å²) in [6, 6.07) is 0. The molecule has 0 spiro atoms. The van der Waals surface area contributed by atoms with Crippen molar-refractivity contribution in [3.05, 3.63) is 11.6 Å². The van der Waals surface area contributed by atoms with Crippen LogP contribution in [0.3, 0.4) is 0 Å². The maximum Gasteiger partial charge on any atom is 0.333 e. The van der Waals surface area contributed by atoms with Crippen molar-refractivity contribution in [3.8, 4) is 0 Å². The van der Waals surface area contributed by atoms with Crippen molar-refractivity contribution < 1.29 is 17.9 Å². The van der Waals surface area contributed by atoms with Gasteiger partial charge in [-0.25, -0.2) is 17.9 Å². The molecule has 0 saturated carbocycles. The van der Waals surface area contributed by atoms with Crippen LogP contribution in [0.1, 0.15) is 6.92 Å². The van der Waals surface area contributed by atoms with Crippen LogP contribution in [0, 0.1) is 0 Å². The Bertz CT molecular complexity index is 349. The lowest BCUT2D eigenvalue weighted by molar-refractivity contribution is -0.136. The summed E-state index contributed by atoms with van der Waals surface area (Å²) in [5, 5.41) is 2.96. The summed E-state index contributed by atoms with van der Waals surface area (Å²) in [6.07, 6.45) is 2.79. The topological polar surface area (TPSA) is 84.5 Å². The van der Waals surface area contributed by atoms with E-state index in [4.69, 9.17) is 0 Å². The van der Waals surface area contributed by atoms with E-state index >= 15 is 0 Å². The average molecular weight is 250 g/mol. The standard InChI is InChI=1S/C9H18N2O4S/c1-8(9(12)15-2)4-5-10-6-7-11-16(3,13)14/h4,10-11H,5-7H2,1-3H3. The van der Waals surface area contributed by atoms with E-state index in [-0.39, 0.29) is 5.97 Å². The molecule has 16 heavy (non-hydrogen) atoms. The third kappa shape index (κ3) is 8.39. The molecule has 0 amide bonds. The first-order valence-corrected chi connectivity index (χ1v) is 6.66. The van der Waals surface area contributed by atoms with E-state index in [0.717, 1.165) is 6.26 Å². The Kier molecular flexibility index (Phi) is 6.95. The monoisotopic (exact) mass is 250 g/mol. The molecule has 6 nitrogen and oxygen atoms in total. The van der Waals surface area contributed by atoms with Gasteiger partial charge in [0.1, 0.15) is 0 Å². The molecule has 7 heteroatoms. The van der Waals surface area contributed by atoms with Crippen molar-refractivity contribution in [3.63, 3.8) is 0 Å². The molecule has 0 fully saturated rings. The van der Waals surface area contributed by atoms with Gasteiger partial charge >= 0.3 is 5.97 Å². The van der Waals surface area contributed by atoms with E-state index < -0.39 is 10.0 Å². The fourth-order valence-electron chi connectivity index (χ4n) is 0.896. The zero-order valence-corrected chi connectivity index (χ0v) is 10.6. The molecule has 0 atom stereocenters. The largest absolute Gasteiger partial charge is 0.466 e. The van der Waals surface area contributed by atoms with Crippen molar-refractivity contribution in [2.45, 2.75) is 6.92 Å². The number of methoxy groups -OCH3 is 1. The van der Waals surface area contributed by atoms with Gasteiger partial charge in [0.25, 0.3) is 0 Å². The van der Waals surface area contributed by atoms with Gasteiger partial charge in [0.15, 0.2) is 0 Å². The van der Waals surface area contributed by atoms with Gasteiger partial charge in [-0.1, -0.05) is 6.08 Å². The molecule has 0 aromatic heterocycles. The summed E-state index contributed by atoms with van der Waals surface area (Å²) in [6.45, 7) is 2.97. The number of carbonyl (C=O) groups is 1. The summed E-state index contributed by atoms with van der Waals surface area (Å²) in [4.78, 5) is 11.0. The first-order valence-electron chi connectivity index (χ1n) is 4.77. The Hall–Kier alpha value is -0.920. The van der Waals surface area contributed by atoms with Crippen molar-refractivity contribution >= 4 is 16.0 Å². The summed E-state index contributed by atoms with van der Waals surface area (Å²) >= 11 is 0. The number of hydrogen-bond acceptors (Lipinski definition) is 5. The zero-order chi connectivity index (χ0) is 12.6. The minimum atomic E-state index is -3.12. The van der Waals surface area contributed by atoms with Crippen molar-refractivity contribution in [1.29, 1.82) is 0 Å². The Morgan fingerprint density at radius 2 is 2.00 bits per heavy atom. The second-order valence-electron chi connectivity index (χ2n) is 3.25. The van der Waals surface area contributed by atoms with Crippen LogP contribution in [0.15, 0.2) is 11.6 Å². The lowest BCUT2D eigenvalue weighted by Crippen LogP contribution is -2.31. The molecule has 0 rings (SSSR count). The SMILES string of the molecule is COC(=O)C(C)=CCNCCNS(C)(=O)=O. The molecular weight excluding hydrogens is 232 g/mol. The van der Waals surface area contributed by atoms with Gasteiger partial charge in [0, 0.05) is 25.2 Å². The number of carbonyl (C=O) groups excluding carboxylic acids is 1. The van der Waals surface area contributed by atoms with Crippen LogP contribution in [0.2, 0.25) is 0 Å². The van der Waals surface area contributed by atoms with Crippen LogP contribution in [0.4, 0.5) is 0 Å². The summed E-state index contributed by atoms with van der Waals surface area (Å²) < 4.78 is 28.2. The van der Waals surface area contributed by atoms with Crippen molar-refractivity contribution in [1.82, 2.24) is 10.0 Å². The highest BCUT2D eigenvalue weighted by molar-refractivity contribution is 7.88. The minimum absolute atomic E-state index is 0.323. The summed E-state index contributed by atoms with van der Waals surface area (Å²) in [5.41, 5.74) is 0.520. The van der Waals surface area contributed by atoms with Crippen LogP contribution < -0.4 is 10.0 Å². The van der Waals surface area contributed by atoms with Crippen LogP contribution >= 0.6 is 0 Å². The van der Waals surface area contributed by atoms with Crippen LogP contribution in [0.5, 0.6) is 0 Å². The van der Waals surface area contributed by atoms with Gasteiger partial charge in [-0.15, -0.1) is 0 Å². The predicted molar refractivity (Wildman–Crippen MR) is 61.5 cm³/mol. The summed E-state index contributed by atoms with van der Waals surface area (Å²) in [5.74, 6) is -0.365. The van der Waals surface area contributed by atoms with E-state index in [1.54, 1.807) is 13.0 Å². The second kappa shape index (κ2) is 7.37. The Morgan fingerprint density at radius 1 is 1.38 bits per heavy atom. The van der Waals surface area contributed by atoms with Crippen LogP contribution in [-0.2, 0) is 19.6 Å². The lowest BCUT2D eigenvalue weighted by atomic mass is 10.3. The van der Waals surface area contributed by atoms with Crippen LogP contribution in [-0.4, -0.2) is 47.4 Å². The molecule has 0 heterocycles. The maximum absolute atomic E-state index is 11.0. The highest BCUT2D eigenvalue weighted by atomic mass is 32.2. The van der Waals surface area contributed by atoms with Gasteiger partial charge in [-0.05, 0) is 6.92 Å². The van der Waals surface area contributed by atoms with Crippen LogP contribution in [0.25, 0.3) is 0 Å². The van der Waals surface area contributed by atoms with Gasteiger partial charge < -0.3 is 10.1 Å². The van der Waals surface area contributed by atoms with E-state index in [2.05, 4.69) is 14.8 Å². The number of esters is 1.